The molecule has 0 radical (unpaired) electrons. The van der Waals surface area contributed by atoms with Crippen molar-refractivity contribution < 1.29 is 4.74 Å². The number of halogens is 1. The van der Waals surface area contributed by atoms with Crippen molar-refractivity contribution in [3.63, 3.8) is 0 Å². The van der Waals surface area contributed by atoms with E-state index in [1.807, 2.05) is 24.3 Å². The molecule has 0 heterocycles. The van der Waals surface area contributed by atoms with E-state index in [4.69, 9.17) is 10.5 Å². The smallest absolute Gasteiger partial charge is 0.120 e. The molecule has 1 aromatic rings. The van der Waals surface area contributed by atoms with Gasteiger partial charge in [0.1, 0.15) is 12.4 Å². The van der Waals surface area contributed by atoms with Gasteiger partial charge in [-0.2, -0.15) is 0 Å². The van der Waals surface area contributed by atoms with Gasteiger partial charge in [0.2, 0.25) is 0 Å². The highest BCUT2D eigenvalue weighted by Gasteiger charge is 2.20. The van der Waals surface area contributed by atoms with E-state index in [0.29, 0.717) is 12.5 Å². The van der Waals surface area contributed by atoms with Crippen LogP contribution in [-0.4, -0.2) is 12.6 Å². The SMILES string of the molecule is NC(COc1cccc(Br)c1)C1CCCCC1. The summed E-state index contributed by atoms with van der Waals surface area (Å²) in [6.07, 6.45) is 6.56. The summed E-state index contributed by atoms with van der Waals surface area (Å²) >= 11 is 3.43. The average molecular weight is 298 g/mol. The zero-order valence-electron chi connectivity index (χ0n) is 10.1. The van der Waals surface area contributed by atoms with E-state index in [1.165, 1.54) is 32.1 Å². The van der Waals surface area contributed by atoms with Crippen LogP contribution in [0.15, 0.2) is 28.7 Å². The van der Waals surface area contributed by atoms with Crippen LogP contribution in [0.2, 0.25) is 0 Å². The van der Waals surface area contributed by atoms with E-state index in [1.54, 1.807) is 0 Å². The van der Waals surface area contributed by atoms with E-state index < -0.39 is 0 Å². The topological polar surface area (TPSA) is 35.2 Å². The lowest BCUT2D eigenvalue weighted by Gasteiger charge is -2.27. The van der Waals surface area contributed by atoms with Crippen LogP contribution in [0.25, 0.3) is 0 Å². The number of benzene rings is 1. The Morgan fingerprint density at radius 1 is 1.29 bits per heavy atom. The van der Waals surface area contributed by atoms with Crippen LogP contribution in [0.4, 0.5) is 0 Å². The predicted molar refractivity (Wildman–Crippen MR) is 74.2 cm³/mol. The van der Waals surface area contributed by atoms with Gasteiger partial charge in [-0.3, -0.25) is 0 Å². The lowest BCUT2D eigenvalue weighted by atomic mass is 9.84. The Kier molecular flexibility index (Phi) is 4.86. The third-order valence-corrected chi connectivity index (χ3v) is 3.99. The van der Waals surface area contributed by atoms with Crippen LogP contribution in [0.5, 0.6) is 5.75 Å². The first-order valence-electron chi connectivity index (χ1n) is 6.39. The van der Waals surface area contributed by atoms with Gasteiger partial charge in [0, 0.05) is 10.5 Å². The fourth-order valence-electron chi connectivity index (χ4n) is 2.45. The van der Waals surface area contributed by atoms with Crippen molar-refractivity contribution >= 4 is 15.9 Å². The number of ether oxygens (including phenoxy) is 1. The molecule has 1 atom stereocenters. The molecule has 2 rings (SSSR count). The van der Waals surface area contributed by atoms with Gasteiger partial charge in [-0.05, 0) is 37.0 Å². The summed E-state index contributed by atoms with van der Waals surface area (Å²) in [5.74, 6) is 1.54. The number of nitrogens with two attached hydrogens (primary N) is 1. The summed E-state index contributed by atoms with van der Waals surface area (Å²) in [5.41, 5.74) is 6.20. The Morgan fingerprint density at radius 3 is 2.76 bits per heavy atom. The van der Waals surface area contributed by atoms with E-state index in [2.05, 4.69) is 15.9 Å². The second-order valence-corrected chi connectivity index (χ2v) is 5.75. The standard InChI is InChI=1S/C14H20BrNO/c15-12-7-4-8-13(9-12)17-10-14(16)11-5-2-1-3-6-11/h4,7-9,11,14H,1-3,5-6,10,16H2. The predicted octanol–water partition coefficient (Wildman–Crippen LogP) is 3.74. The molecular formula is C14H20BrNO. The Hall–Kier alpha value is -0.540. The summed E-state index contributed by atoms with van der Waals surface area (Å²) in [7, 11) is 0. The quantitative estimate of drug-likeness (QED) is 0.919. The van der Waals surface area contributed by atoms with E-state index in [-0.39, 0.29) is 6.04 Å². The highest BCUT2D eigenvalue weighted by Crippen LogP contribution is 2.26. The van der Waals surface area contributed by atoms with Crippen molar-refractivity contribution in [2.24, 2.45) is 11.7 Å². The molecule has 3 heteroatoms. The molecule has 2 nitrogen and oxygen atoms in total. The third-order valence-electron chi connectivity index (χ3n) is 3.49. The van der Waals surface area contributed by atoms with Crippen LogP contribution in [0.3, 0.4) is 0 Å². The highest BCUT2D eigenvalue weighted by atomic mass is 79.9. The summed E-state index contributed by atoms with van der Waals surface area (Å²) in [4.78, 5) is 0. The molecule has 94 valence electrons. The van der Waals surface area contributed by atoms with Crippen molar-refractivity contribution in [2.45, 2.75) is 38.1 Å². The summed E-state index contributed by atoms with van der Waals surface area (Å²) in [6, 6.07) is 8.10. The fraction of sp³-hybridized carbons (Fsp3) is 0.571. The maximum absolute atomic E-state index is 6.20. The van der Waals surface area contributed by atoms with E-state index >= 15 is 0 Å². The minimum absolute atomic E-state index is 0.175. The van der Waals surface area contributed by atoms with Gasteiger partial charge in [0.25, 0.3) is 0 Å². The molecule has 0 aliphatic heterocycles. The molecule has 0 spiro atoms. The minimum Gasteiger partial charge on any atom is -0.492 e. The Labute approximate surface area is 112 Å². The van der Waals surface area contributed by atoms with Crippen LogP contribution in [-0.2, 0) is 0 Å². The summed E-state index contributed by atoms with van der Waals surface area (Å²) in [6.45, 7) is 0.626. The molecule has 0 amide bonds. The highest BCUT2D eigenvalue weighted by molar-refractivity contribution is 9.10. The zero-order valence-corrected chi connectivity index (χ0v) is 11.7. The van der Waals surface area contributed by atoms with Crippen molar-refractivity contribution in [1.82, 2.24) is 0 Å². The third kappa shape index (κ3) is 4.00. The first kappa shape index (κ1) is 12.9. The lowest BCUT2D eigenvalue weighted by Crippen LogP contribution is -2.37. The second kappa shape index (κ2) is 6.41. The van der Waals surface area contributed by atoms with E-state index in [0.717, 1.165) is 10.2 Å². The van der Waals surface area contributed by atoms with Gasteiger partial charge < -0.3 is 10.5 Å². The van der Waals surface area contributed by atoms with Crippen LogP contribution >= 0.6 is 15.9 Å². The maximum Gasteiger partial charge on any atom is 0.120 e. The van der Waals surface area contributed by atoms with Gasteiger partial charge >= 0.3 is 0 Å². The molecule has 1 aliphatic carbocycles. The van der Waals surface area contributed by atoms with Gasteiger partial charge in [-0.25, -0.2) is 0 Å². The molecule has 0 bridgehead atoms. The molecule has 1 aromatic carbocycles. The van der Waals surface area contributed by atoms with Crippen molar-refractivity contribution in [2.75, 3.05) is 6.61 Å². The van der Waals surface area contributed by atoms with Crippen LogP contribution < -0.4 is 10.5 Å². The van der Waals surface area contributed by atoms with Crippen molar-refractivity contribution in [3.05, 3.63) is 28.7 Å². The first-order chi connectivity index (χ1) is 8.25. The normalized spacial score (nSPS) is 18.9. The van der Waals surface area contributed by atoms with Gasteiger partial charge in [-0.1, -0.05) is 41.3 Å². The molecule has 2 N–H and O–H groups in total. The first-order valence-corrected chi connectivity index (χ1v) is 7.19. The Morgan fingerprint density at radius 2 is 2.06 bits per heavy atom. The van der Waals surface area contributed by atoms with Crippen molar-refractivity contribution in [3.8, 4) is 5.75 Å². The molecule has 0 saturated heterocycles. The lowest BCUT2D eigenvalue weighted by molar-refractivity contribution is 0.214. The minimum atomic E-state index is 0.175. The molecule has 17 heavy (non-hydrogen) atoms. The largest absolute Gasteiger partial charge is 0.492 e. The van der Waals surface area contributed by atoms with E-state index in [9.17, 15) is 0 Å². The number of hydrogen-bond donors (Lipinski definition) is 1. The molecule has 1 unspecified atom stereocenters. The monoisotopic (exact) mass is 297 g/mol. The average Bonchev–Trinajstić information content (AvgIpc) is 2.37. The Balaban J connectivity index is 1.80. The van der Waals surface area contributed by atoms with Gasteiger partial charge in [-0.15, -0.1) is 0 Å². The van der Waals surface area contributed by atoms with Crippen molar-refractivity contribution in [1.29, 1.82) is 0 Å². The molecule has 1 fully saturated rings. The summed E-state index contributed by atoms with van der Waals surface area (Å²) in [5, 5.41) is 0. The van der Waals surface area contributed by atoms with Crippen LogP contribution in [0.1, 0.15) is 32.1 Å². The molecule has 1 aliphatic rings. The zero-order chi connectivity index (χ0) is 12.1. The number of rotatable bonds is 4. The summed E-state index contributed by atoms with van der Waals surface area (Å²) < 4.78 is 6.79. The second-order valence-electron chi connectivity index (χ2n) is 4.83. The molecule has 0 aromatic heterocycles. The van der Waals surface area contributed by atoms with Crippen LogP contribution in [0, 0.1) is 5.92 Å². The maximum atomic E-state index is 6.20. The van der Waals surface area contributed by atoms with Gasteiger partial charge in [0.15, 0.2) is 0 Å². The Bertz CT molecular complexity index is 350. The number of hydrogen-bond acceptors (Lipinski definition) is 2. The fourth-order valence-corrected chi connectivity index (χ4v) is 2.83. The molecule has 1 saturated carbocycles. The van der Waals surface area contributed by atoms with Gasteiger partial charge in [0.05, 0.1) is 0 Å². The molecular weight excluding hydrogens is 278 g/mol.